The highest BCUT2D eigenvalue weighted by Crippen LogP contribution is 2.39. The van der Waals surface area contributed by atoms with E-state index in [9.17, 15) is 22.7 Å². The van der Waals surface area contributed by atoms with Gasteiger partial charge in [-0.15, -0.1) is 0 Å². The minimum atomic E-state index is -4.88. The van der Waals surface area contributed by atoms with Crippen LogP contribution in [0, 0.1) is 18.6 Å². The molecule has 1 saturated heterocycles. The largest absolute Gasteiger partial charge is 0.508 e. The summed E-state index contributed by atoms with van der Waals surface area (Å²) in [5, 5.41) is 10.9. The van der Waals surface area contributed by atoms with Gasteiger partial charge < -0.3 is 23.7 Å². The topological polar surface area (TPSA) is 154 Å². The van der Waals surface area contributed by atoms with Gasteiger partial charge in [0.05, 0.1) is 32.4 Å². The average molecular weight is 717 g/mol. The van der Waals surface area contributed by atoms with Crippen molar-refractivity contribution in [3.05, 3.63) is 106 Å². The number of benzene rings is 3. The van der Waals surface area contributed by atoms with Gasteiger partial charge in [-0.3, -0.25) is 4.31 Å². The molecule has 0 aliphatic carbocycles. The van der Waals surface area contributed by atoms with Gasteiger partial charge in [-0.25, -0.2) is 36.9 Å². The van der Waals surface area contributed by atoms with E-state index in [0.29, 0.717) is 71.0 Å². The van der Waals surface area contributed by atoms with Crippen molar-refractivity contribution in [2.75, 3.05) is 24.6 Å². The molecule has 0 radical (unpaired) electrons. The molecule has 1 aliphatic rings. The summed E-state index contributed by atoms with van der Waals surface area (Å²) in [6, 6.07) is 12.6. The fourth-order valence-corrected chi connectivity index (χ4v) is 7.42. The molecule has 7 rings (SSSR count). The number of aryl methyl sites for hydroxylation is 1. The van der Waals surface area contributed by atoms with Gasteiger partial charge in [0, 0.05) is 53.2 Å². The van der Waals surface area contributed by atoms with Crippen LogP contribution in [0.4, 0.5) is 14.5 Å². The summed E-state index contributed by atoms with van der Waals surface area (Å²) in [6.45, 7) is 2.27. The summed E-state index contributed by atoms with van der Waals surface area (Å²) in [4.78, 5) is 25.6. The van der Waals surface area contributed by atoms with Crippen LogP contribution >= 0.6 is 0 Å². The molecule has 3 aromatic carbocycles. The van der Waals surface area contributed by atoms with Gasteiger partial charge in [0.15, 0.2) is 0 Å². The summed E-state index contributed by atoms with van der Waals surface area (Å²) in [7, 11) is -3.60. The number of phenols is 1. The van der Waals surface area contributed by atoms with Crippen LogP contribution in [0.1, 0.15) is 24.1 Å². The Kier molecular flexibility index (Phi) is 8.99. The van der Waals surface area contributed by atoms with Gasteiger partial charge in [0.1, 0.15) is 57.2 Å². The van der Waals surface area contributed by atoms with E-state index in [1.54, 1.807) is 6.07 Å². The molecule has 262 valence electrons. The standard InChI is InChI=1S/C36H30F2N4O8S/c1-20-28-12-22(14-32(34(28)41-19-40-20)49-27-7-9-48-10-8-27)23-13-30(35(47-2)39-17-23)42(51(45,46)33-6-4-25(37)15-29(33)38)18-24-11-21-3-5-26(43)16-31(21)50-36(24)44/h3-6,11-17,19,27,43H,7-10,18H2,1-2H3. The quantitative estimate of drug-likeness (QED) is 0.174. The van der Waals surface area contributed by atoms with Gasteiger partial charge in [0.2, 0.25) is 5.88 Å². The number of methoxy groups -OCH3 is 1. The normalized spacial score (nSPS) is 13.8. The molecule has 6 aromatic rings. The van der Waals surface area contributed by atoms with E-state index in [1.807, 2.05) is 13.0 Å². The van der Waals surface area contributed by atoms with E-state index in [4.69, 9.17) is 18.6 Å². The molecular formula is C36H30F2N4O8S. The van der Waals surface area contributed by atoms with E-state index in [0.717, 1.165) is 16.4 Å². The molecule has 3 aromatic heterocycles. The number of hydrogen-bond acceptors (Lipinski definition) is 11. The highest BCUT2D eigenvalue weighted by molar-refractivity contribution is 7.92. The van der Waals surface area contributed by atoms with Crippen molar-refractivity contribution in [1.29, 1.82) is 0 Å². The third-order valence-electron chi connectivity index (χ3n) is 8.56. The van der Waals surface area contributed by atoms with Crippen molar-refractivity contribution in [3.63, 3.8) is 0 Å². The second-order valence-electron chi connectivity index (χ2n) is 11.9. The van der Waals surface area contributed by atoms with Crippen molar-refractivity contribution in [1.82, 2.24) is 15.0 Å². The smallest absolute Gasteiger partial charge is 0.341 e. The Labute approximate surface area is 289 Å². The summed E-state index contributed by atoms with van der Waals surface area (Å²) in [6.07, 6.45) is 4.16. The van der Waals surface area contributed by atoms with E-state index < -0.39 is 38.7 Å². The first kappa shape index (κ1) is 33.8. The van der Waals surface area contributed by atoms with Crippen molar-refractivity contribution in [2.45, 2.75) is 37.3 Å². The van der Waals surface area contributed by atoms with E-state index in [1.165, 1.54) is 50.0 Å². The first-order valence-corrected chi connectivity index (χ1v) is 17.2. The minimum Gasteiger partial charge on any atom is -0.508 e. The van der Waals surface area contributed by atoms with Crippen LogP contribution in [0.15, 0.2) is 87.3 Å². The number of aromatic hydroxyl groups is 1. The molecule has 15 heteroatoms. The predicted octanol–water partition coefficient (Wildman–Crippen LogP) is 6.05. The molecule has 0 unspecified atom stereocenters. The molecule has 0 bridgehead atoms. The van der Waals surface area contributed by atoms with Crippen molar-refractivity contribution >= 4 is 37.6 Å². The van der Waals surface area contributed by atoms with Gasteiger partial charge in [0.25, 0.3) is 10.0 Å². The maximum atomic E-state index is 15.2. The predicted molar refractivity (Wildman–Crippen MR) is 182 cm³/mol. The minimum absolute atomic E-state index is 0.0679. The maximum Gasteiger partial charge on any atom is 0.341 e. The summed E-state index contributed by atoms with van der Waals surface area (Å²) < 4.78 is 81.5. The Bertz CT molecular complexity index is 2470. The number of halogens is 2. The van der Waals surface area contributed by atoms with Crippen molar-refractivity contribution in [2.24, 2.45) is 0 Å². The lowest BCUT2D eigenvalue weighted by molar-refractivity contribution is 0.0261. The monoisotopic (exact) mass is 716 g/mol. The fourth-order valence-electron chi connectivity index (χ4n) is 5.93. The Balaban J connectivity index is 1.41. The molecule has 0 amide bonds. The highest BCUT2D eigenvalue weighted by atomic mass is 32.2. The molecule has 51 heavy (non-hydrogen) atoms. The number of ether oxygens (including phenoxy) is 3. The second kappa shape index (κ2) is 13.6. The number of rotatable bonds is 9. The lowest BCUT2D eigenvalue weighted by Crippen LogP contribution is -2.33. The Hall–Kier alpha value is -5.67. The van der Waals surface area contributed by atoms with Crippen LogP contribution in [0.25, 0.3) is 33.0 Å². The Morgan fingerprint density at radius 3 is 2.55 bits per heavy atom. The summed E-state index contributed by atoms with van der Waals surface area (Å²) in [5.74, 6) is -2.15. The van der Waals surface area contributed by atoms with Gasteiger partial charge >= 0.3 is 5.63 Å². The second-order valence-corrected chi connectivity index (χ2v) is 13.7. The number of aromatic nitrogens is 3. The molecule has 1 aliphatic heterocycles. The first-order valence-electron chi connectivity index (χ1n) is 15.8. The number of phenolic OH excluding ortho intramolecular Hbond substituents is 1. The van der Waals surface area contributed by atoms with Gasteiger partial charge in [-0.2, -0.15) is 0 Å². The zero-order chi connectivity index (χ0) is 35.9. The number of sulfonamides is 1. The summed E-state index contributed by atoms with van der Waals surface area (Å²) >= 11 is 0. The third-order valence-corrected chi connectivity index (χ3v) is 10.4. The molecule has 1 fully saturated rings. The van der Waals surface area contributed by atoms with Crippen LogP contribution in [0.3, 0.4) is 0 Å². The Morgan fingerprint density at radius 2 is 1.78 bits per heavy atom. The van der Waals surface area contributed by atoms with Crippen molar-refractivity contribution in [3.8, 4) is 28.5 Å². The molecular weight excluding hydrogens is 686 g/mol. The number of hydrogen-bond donors (Lipinski definition) is 1. The third kappa shape index (κ3) is 6.65. The zero-order valence-electron chi connectivity index (χ0n) is 27.3. The maximum absolute atomic E-state index is 15.2. The molecule has 12 nitrogen and oxygen atoms in total. The Morgan fingerprint density at radius 1 is 0.980 bits per heavy atom. The molecule has 0 spiro atoms. The van der Waals surface area contributed by atoms with E-state index in [-0.39, 0.29) is 34.6 Å². The van der Waals surface area contributed by atoms with E-state index >= 15 is 4.39 Å². The van der Waals surface area contributed by atoms with E-state index in [2.05, 4.69) is 15.0 Å². The highest BCUT2D eigenvalue weighted by Gasteiger charge is 2.32. The molecule has 1 N–H and O–H groups in total. The van der Waals surface area contributed by atoms with Crippen LogP contribution in [0.2, 0.25) is 0 Å². The van der Waals surface area contributed by atoms with Crippen LogP contribution < -0.4 is 19.4 Å². The fraction of sp³-hybridized carbons (Fsp3) is 0.222. The number of nitrogens with zero attached hydrogens (tertiary/aromatic N) is 4. The number of fused-ring (bicyclic) bond motifs is 2. The number of anilines is 1. The van der Waals surface area contributed by atoms with Gasteiger partial charge in [-0.05, 0) is 61.0 Å². The number of pyridine rings is 1. The molecule has 0 atom stereocenters. The molecule has 0 saturated carbocycles. The van der Waals surface area contributed by atoms with Gasteiger partial charge in [-0.1, -0.05) is 0 Å². The van der Waals surface area contributed by atoms with Crippen molar-refractivity contribution < 1.29 is 40.9 Å². The van der Waals surface area contributed by atoms with Crippen LogP contribution in [-0.2, 0) is 21.3 Å². The average Bonchev–Trinajstić information content (AvgIpc) is 3.11. The summed E-state index contributed by atoms with van der Waals surface area (Å²) in [5.41, 5.74) is 1.12. The van der Waals surface area contributed by atoms with Crippen LogP contribution in [0.5, 0.6) is 17.4 Å². The van der Waals surface area contributed by atoms with Crippen LogP contribution in [-0.4, -0.2) is 54.9 Å². The zero-order valence-corrected chi connectivity index (χ0v) is 28.1. The first-order chi connectivity index (χ1) is 24.5. The molecule has 4 heterocycles. The SMILES string of the molecule is COc1ncc(-c2cc(OC3CCOCC3)c3ncnc(C)c3c2)cc1N(Cc1cc2ccc(O)cc2oc1=O)S(=O)(=O)c1ccc(F)cc1F. The lowest BCUT2D eigenvalue weighted by Gasteiger charge is -2.26. The lowest BCUT2D eigenvalue weighted by atomic mass is 10.0.